The van der Waals surface area contributed by atoms with Crippen molar-refractivity contribution in [2.45, 2.75) is 33.4 Å². The van der Waals surface area contributed by atoms with Crippen LogP contribution in [0.4, 0.5) is 0 Å². The first-order valence-electron chi connectivity index (χ1n) is 5.85. The molecule has 0 radical (unpaired) electrons. The first-order chi connectivity index (χ1) is 7.69. The molecule has 2 rings (SSSR count). The summed E-state index contributed by atoms with van der Waals surface area (Å²) < 4.78 is 0. The molecular formula is C13H20N2S. The van der Waals surface area contributed by atoms with Gasteiger partial charge in [-0.2, -0.15) is 0 Å². The van der Waals surface area contributed by atoms with Crippen LogP contribution in [0.5, 0.6) is 0 Å². The Kier molecular flexibility index (Phi) is 3.79. The second-order valence-electron chi connectivity index (χ2n) is 4.53. The van der Waals surface area contributed by atoms with E-state index in [0.29, 0.717) is 6.54 Å². The second kappa shape index (κ2) is 5.13. The van der Waals surface area contributed by atoms with Crippen molar-refractivity contribution in [1.29, 1.82) is 0 Å². The van der Waals surface area contributed by atoms with Crippen LogP contribution in [-0.2, 0) is 13.1 Å². The molecular weight excluding hydrogens is 216 g/mol. The van der Waals surface area contributed by atoms with Crippen molar-refractivity contribution in [2.75, 3.05) is 13.1 Å². The quantitative estimate of drug-likeness (QED) is 0.818. The first-order valence-corrected chi connectivity index (χ1v) is 6.67. The van der Waals surface area contributed by atoms with Crippen LogP contribution >= 0.6 is 11.3 Å². The highest BCUT2D eigenvalue weighted by Crippen LogP contribution is 2.23. The number of rotatable bonds is 3. The lowest BCUT2D eigenvalue weighted by molar-refractivity contribution is 0.286. The number of aryl methyl sites for hydroxylation is 1. The van der Waals surface area contributed by atoms with Gasteiger partial charge in [-0.1, -0.05) is 11.6 Å². The van der Waals surface area contributed by atoms with Crippen LogP contribution < -0.4 is 5.73 Å². The highest BCUT2D eigenvalue weighted by atomic mass is 32.1. The van der Waals surface area contributed by atoms with Gasteiger partial charge in [0.1, 0.15) is 0 Å². The Morgan fingerprint density at radius 3 is 2.81 bits per heavy atom. The molecule has 0 spiro atoms. The summed E-state index contributed by atoms with van der Waals surface area (Å²) in [6, 6.07) is 2.27. The smallest absolute Gasteiger partial charge is 0.0274 e. The largest absolute Gasteiger partial charge is 0.326 e. The predicted octanol–water partition coefficient (Wildman–Crippen LogP) is 2.67. The van der Waals surface area contributed by atoms with E-state index >= 15 is 0 Å². The Hall–Kier alpha value is -0.640. The molecule has 0 unspecified atom stereocenters. The molecule has 88 valence electrons. The van der Waals surface area contributed by atoms with Crippen LogP contribution in [0.3, 0.4) is 0 Å². The maximum absolute atomic E-state index is 5.67. The van der Waals surface area contributed by atoms with Crippen molar-refractivity contribution in [3.8, 4) is 0 Å². The predicted molar refractivity (Wildman–Crippen MR) is 70.6 cm³/mol. The normalized spacial score (nSPS) is 17.6. The zero-order chi connectivity index (χ0) is 11.5. The van der Waals surface area contributed by atoms with Crippen molar-refractivity contribution in [2.24, 2.45) is 5.73 Å². The Bertz CT molecular complexity index is 393. The number of hydrogen-bond acceptors (Lipinski definition) is 3. The minimum absolute atomic E-state index is 0.671. The van der Waals surface area contributed by atoms with Gasteiger partial charge in [-0.05, 0) is 31.9 Å². The van der Waals surface area contributed by atoms with Gasteiger partial charge in [-0.15, -0.1) is 11.3 Å². The SMILES string of the molecule is CC1=CCN(Cc2cc(CN)sc2C)CC1. The van der Waals surface area contributed by atoms with Gasteiger partial charge < -0.3 is 5.73 Å². The molecule has 2 heterocycles. The minimum Gasteiger partial charge on any atom is -0.326 e. The van der Waals surface area contributed by atoms with Gasteiger partial charge in [0, 0.05) is 35.9 Å². The van der Waals surface area contributed by atoms with E-state index in [1.807, 2.05) is 11.3 Å². The molecule has 3 heteroatoms. The minimum atomic E-state index is 0.671. The summed E-state index contributed by atoms with van der Waals surface area (Å²) in [6.45, 7) is 8.45. The molecule has 0 fully saturated rings. The van der Waals surface area contributed by atoms with Gasteiger partial charge in [0.2, 0.25) is 0 Å². The van der Waals surface area contributed by atoms with E-state index in [1.54, 1.807) is 0 Å². The number of nitrogens with two attached hydrogens (primary N) is 1. The maximum atomic E-state index is 5.67. The molecule has 2 N–H and O–H groups in total. The molecule has 0 aromatic carbocycles. The maximum Gasteiger partial charge on any atom is 0.0274 e. The van der Waals surface area contributed by atoms with E-state index in [0.717, 1.165) is 13.1 Å². The van der Waals surface area contributed by atoms with Crippen LogP contribution in [0.2, 0.25) is 0 Å². The zero-order valence-electron chi connectivity index (χ0n) is 10.1. The van der Waals surface area contributed by atoms with E-state index in [-0.39, 0.29) is 0 Å². The molecule has 1 aliphatic rings. The van der Waals surface area contributed by atoms with Crippen molar-refractivity contribution in [1.82, 2.24) is 4.90 Å². The summed E-state index contributed by atoms with van der Waals surface area (Å²) in [4.78, 5) is 5.23. The van der Waals surface area contributed by atoms with E-state index in [2.05, 4.69) is 30.9 Å². The number of thiophene rings is 1. The van der Waals surface area contributed by atoms with Gasteiger partial charge in [-0.25, -0.2) is 0 Å². The summed E-state index contributed by atoms with van der Waals surface area (Å²) >= 11 is 1.84. The van der Waals surface area contributed by atoms with Crippen molar-refractivity contribution in [3.63, 3.8) is 0 Å². The summed E-state index contributed by atoms with van der Waals surface area (Å²) in [5.74, 6) is 0. The van der Waals surface area contributed by atoms with E-state index in [1.165, 1.54) is 33.9 Å². The average molecular weight is 236 g/mol. The fraction of sp³-hybridized carbons (Fsp3) is 0.538. The average Bonchev–Trinajstić information content (AvgIpc) is 2.63. The Morgan fingerprint density at radius 1 is 1.44 bits per heavy atom. The monoisotopic (exact) mass is 236 g/mol. The van der Waals surface area contributed by atoms with Crippen LogP contribution in [0, 0.1) is 6.92 Å². The van der Waals surface area contributed by atoms with Gasteiger partial charge in [-0.3, -0.25) is 4.90 Å². The molecule has 0 bridgehead atoms. The lowest BCUT2D eigenvalue weighted by atomic mass is 10.1. The van der Waals surface area contributed by atoms with Crippen molar-refractivity contribution >= 4 is 11.3 Å². The molecule has 16 heavy (non-hydrogen) atoms. The van der Waals surface area contributed by atoms with Crippen molar-refractivity contribution < 1.29 is 0 Å². The van der Waals surface area contributed by atoms with Gasteiger partial charge in [0.25, 0.3) is 0 Å². The van der Waals surface area contributed by atoms with E-state index < -0.39 is 0 Å². The molecule has 0 aliphatic carbocycles. The van der Waals surface area contributed by atoms with Gasteiger partial charge in [0.05, 0.1) is 0 Å². The van der Waals surface area contributed by atoms with E-state index in [4.69, 9.17) is 5.73 Å². The Labute approximate surface area is 102 Å². The number of nitrogens with zero attached hydrogens (tertiary/aromatic N) is 1. The van der Waals surface area contributed by atoms with Crippen LogP contribution in [0.25, 0.3) is 0 Å². The molecule has 0 atom stereocenters. The zero-order valence-corrected chi connectivity index (χ0v) is 10.9. The summed E-state index contributed by atoms with van der Waals surface area (Å²) in [5, 5.41) is 0. The summed E-state index contributed by atoms with van der Waals surface area (Å²) in [6.07, 6.45) is 3.56. The molecule has 1 aromatic heterocycles. The van der Waals surface area contributed by atoms with E-state index in [9.17, 15) is 0 Å². The Balaban J connectivity index is 2.01. The molecule has 0 amide bonds. The lowest BCUT2D eigenvalue weighted by Crippen LogP contribution is -2.27. The standard InChI is InChI=1S/C13H20N2S/c1-10-3-5-15(6-4-10)9-12-7-13(8-14)16-11(12)2/h3,7H,4-6,8-9,14H2,1-2H3. The first kappa shape index (κ1) is 11.8. The van der Waals surface area contributed by atoms with Crippen LogP contribution in [0.1, 0.15) is 28.7 Å². The lowest BCUT2D eigenvalue weighted by Gasteiger charge is -2.25. The van der Waals surface area contributed by atoms with Crippen LogP contribution in [0.15, 0.2) is 17.7 Å². The van der Waals surface area contributed by atoms with Crippen LogP contribution in [-0.4, -0.2) is 18.0 Å². The third-order valence-corrected chi connectivity index (χ3v) is 4.30. The fourth-order valence-corrected chi connectivity index (χ4v) is 2.97. The highest BCUT2D eigenvalue weighted by molar-refractivity contribution is 7.12. The second-order valence-corrected chi connectivity index (χ2v) is 5.87. The van der Waals surface area contributed by atoms with Crippen molar-refractivity contribution in [3.05, 3.63) is 33.0 Å². The molecule has 2 nitrogen and oxygen atoms in total. The van der Waals surface area contributed by atoms with Gasteiger partial charge >= 0.3 is 0 Å². The fourth-order valence-electron chi connectivity index (χ4n) is 2.04. The summed E-state index contributed by atoms with van der Waals surface area (Å²) in [5.41, 5.74) is 8.66. The molecule has 1 aromatic rings. The summed E-state index contributed by atoms with van der Waals surface area (Å²) in [7, 11) is 0. The molecule has 0 saturated heterocycles. The molecule has 0 saturated carbocycles. The topological polar surface area (TPSA) is 29.3 Å². The third-order valence-electron chi connectivity index (χ3n) is 3.19. The third kappa shape index (κ3) is 2.73. The number of hydrogen-bond donors (Lipinski definition) is 1. The molecule has 1 aliphatic heterocycles. The van der Waals surface area contributed by atoms with Gasteiger partial charge in [0.15, 0.2) is 0 Å². The highest BCUT2D eigenvalue weighted by Gasteiger charge is 2.12. The Morgan fingerprint density at radius 2 is 2.25 bits per heavy atom.